The number of hydrogen-bond donors (Lipinski definition) is 0. The highest BCUT2D eigenvalue weighted by Crippen LogP contribution is 2.32. The third-order valence-electron chi connectivity index (χ3n) is 1.74. The fourth-order valence-electron chi connectivity index (χ4n) is 1.06. The minimum atomic E-state index is 0.167. The molecule has 0 bridgehead atoms. The van der Waals surface area contributed by atoms with E-state index < -0.39 is 0 Å². The van der Waals surface area contributed by atoms with Gasteiger partial charge in [-0.25, -0.2) is 0 Å². The number of benzene rings is 1. The Kier molecular flexibility index (Phi) is 3.63. The molecule has 1 heterocycles. The molecule has 1 aromatic carbocycles. The van der Waals surface area contributed by atoms with E-state index in [4.69, 9.17) is 27.9 Å². The number of halogens is 3. The van der Waals surface area contributed by atoms with E-state index in [1.165, 1.54) is 6.07 Å². The van der Waals surface area contributed by atoms with Crippen LogP contribution < -0.4 is 4.74 Å². The molecule has 0 aliphatic rings. The molecular formula is C10H5BrCl2N2O. The maximum Gasteiger partial charge on any atom is 0.194 e. The lowest BCUT2D eigenvalue weighted by molar-refractivity contribution is 0.476. The average Bonchev–Trinajstić information content (AvgIpc) is 2.27. The van der Waals surface area contributed by atoms with Crippen molar-refractivity contribution in [2.75, 3.05) is 0 Å². The summed E-state index contributed by atoms with van der Waals surface area (Å²) in [6.07, 6.45) is 0. The van der Waals surface area contributed by atoms with E-state index >= 15 is 0 Å². The van der Waals surface area contributed by atoms with Gasteiger partial charge in [-0.15, -0.1) is 10.2 Å². The Morgan fingerprint density at radius 1 is 1.06 bits per heavy atom. The molecule has 0 radical (unpaired) electrons. The molecule has 0 amide bonds. The Labute approximate surface area is 110 Å². The van der Waals surface area contributed by atoms with Gasteiger partial charge >= 0.3 is 0 Å². The first-order chi connectivity index (χ1) is 7.66. The number of hydrogen-bond acceptors (Lipinski definition) is 3. The van der Waals surface area contributed by atoms with Crippen LogP contribution in [-0.2, 0) is 0 Å². The van der Waals surface area contributed by atoms with E-state index in [0.29, 0.717) is 11.5 Å². The zero-order valence-electron chi connectivity index (χ0n) is 7.82. The van der Waals surface area contributed by atoms with Crippen molar-refractivity contribution in [2.45, 2.75) is 0 Å². The highest BCUT2D eigenvalue weighted by molar-refractivity contribution is 9.10. The summed E-state index contributed by atoms with van der Waals surface area (Å²) in [5.41, 5.74) is 0. The lowest BCUT2D eigenvalue weighted by Crippen LogP contribution is -1.90. The summed E-state index contributed by atoms with van der Waals surface area (Å²) in [4.78, 5) is 0. The van der Waals surface area contributed by atoms with Crippen LogP contribution in [0.25, 0.3) is 0 Å². The van der Waals surface area contributed by atoms with E-state index in [9.17, 15) is 0 Å². The lowest BCUT2D eigenvalue weighted by Gasteiger charge is -2.07. The van der Waals surface area contributed by atoms with E-state index in [0.717, 1.165) is 4.47 Å². The van der Waals surface area contributed by atoms with Crippen molar-refractivity contribution in [3.63, 3.8) is 0 Å². The van der Waals surface area contributed by atoms with Gasteiger partial charge in [0, 0.05) is 6.07 Å². The Balaban J connectivity index is 2.34. The van der Waals surface area contributed by atoms with Crippen molar-refractivity contribution in [3.05, 3.63) is 45.1 Å². The third kappa shape index (κ3) is 2.64. The normalized spacial score (nSPS) is 10.2. The summed E-state index contributed by atoms with van der Waals surface area (Å²) >= 11 is 14.9. The first-order valence-electron chi connectivity index (χ1n) is 4.28. The van der Waals surface area contributed by atoms with Gasteiger partial charge in [-0.1, -0.05) is 35.3 Å². The van der Waals surface area contributed by atoms with Gasteiger partial charge in [0.15, 0.2) is 16.1 Å². The monoisotopic (exact) mass is 318 g/mol. The van der Waals surface area contributed by atoms with Gasteiger partial charge in [0.2, 0.25) is 0 Å². The highest BCUT2D eigenvalue weighted by Gasteiger charge is 2.08. The number of para-hydroxylation sites is 1. The molecule has 0 aliphatic heterocycles. The van der Waals surface area contributed by atoms with Gasteiger partial charge in [0.1, 0.15) is 5.75 Å². The van der Waals surface area contributed by atoms with E-state index in [1.54, 1.807) is 6.07 Å². The quantitative estimate of drug-likeness (QED) is 0.826. The largest absolute Gasteiger partial charge is 0.453 e. The Hall–Kier alpha value is -0.840. The van der Waals surface area contributed by atoms with E-state index in [2.05, 4.69) is 26.1 Å². The van der Waals surface area contributed by atoms with E-state index in [-0.39, 0.29) is 10.3 Å². The Morgan fingerprint density at radius 3 is 2.56 bits per heavy atom. The number of nitrogens with zero attached hydrogens (tertiary/aromatic N) is 2. The number of rotatable bonds is 2. The van der Waals surface area contributed by atoms with Crippen LogP contribution in [0, 0.1) is 0 Å². The molecular weight excluding hydrogens is 315 g/mol. The predicted molar refractivity (Wildman–Crippen MR) is 66.3 cm³/mol. The van der Waals surface area contributed by atoms with Crippen LogP contribution in [0.15, 0.2) is 34.8 Å². The summed E-state index contributed by atoms with van der Waals surface area (Å²) in [7, 11) is 0. The van der Waals surface area contributed by atoms with Crippen molar-refractivity contribution >= 4 is 39.1 Å². The van der Waals surface area contributed by atoms with Crippen LogP contribution in [0.3, 0.4) is 0 Å². The minimum Gasteiger partial charge on any atom is -0.453 e. The van der Waals surface area contributed by atoms with Crippen LogP contribution in [0.1, 0.15) is 0 Å². The molecule has 0 fully saturated rings. The molecule has 0 aliphatic carbocycles. The zero-order valence-corrected chi connectivity index (χ0v) is 10.9. The topological polar surface area (TPSA) is 35.0 Å². The molecule has 0 spiro atoms. The van der Waals surface area contributed by atoms with Crippen LogP contribution in [-0.4, -0.2) is 10.2 Å². The van der Waals surface area contributed by atoms with Crippen LogP contribution in [0.2, 0.25) is 10.3 Å². The van der Waals surface area contributed by atoms with Crippen molar-refractivity contribution in [2.24, 2.45) is 0 Å². The second-order valence-corrected chi connectivity index (χ2v) is 4.45. The second-order valence-electron chi connectivity index (χ2n) is 2.85. The second kappa shape index (κ2) is 4.99. The van der Waals surface area contributed by atoms with Gasteiger partial charge in [0.25, 0.3) is 0 Å². The third-order valence-corrected chi connectivity index (χ3v) is 2.85. The first-order valence-corrected chi connectivity index (χ1v) is 5.83. The molecule has 16 heavy (non-hydrogen) atoms. The molecule has 0 saturated carbocycles. The average molecular weight is 320 g/mol. The van der Waals surface area contributed by atoms with Crippen molar-refractivity contribution in [3.8, 4) is 11.5 Å². The fourth-order valence-corrected chi connectivity index (χ4v) is 1.69. The molecule has 2 aromatic rings. The molecule has 3 nitrogen and oxygen atoms in total. The van der Waals surface area contributed by atoms with Gasteiger partial charge < -0.3 is 4.74 Å². The molecule has 0 atom stereocenters. The maximum atomic E-state index is 5.83. The number of aromatic nitrogens is 2. The minimum absolute atomic E-state index is 0.167. The van der Waals surface area contributed by atoms with Crippen LogP contribution in [0.4, 0.5) is 0 Å². The lowest BCUT2D eigenvalue weighted by atomic mass is 10.3. The van der Waals surface area contributed by atoms with Crippen molar-refractivity contribution in [1.29, 1.82) is 0 Å². The summed E-state index contributed by atoms with van der Waals surface area (Å²) in [6.45, 7) is 0. The van der Waals surface area contributed by atoms with Gasteiger partial charge in [-0.2, -0.15) is 0 Å². The molecule has 1 aromatic heterocycles. The van der Waals surface area contributed by atoms with Crippen LogP contribution in [0.5, 0.6) is 11.5 Å². The molecule has 0 N–H and O–H groups in total. The van der Waals surface area contributed by atoms with Crippen molar-refractivity contribution in [1.82, 2.24) is 10.2 Å². The summed E-state index contributed by atoms with van der Waals surface area (Å²) < 4.78 is 6.37. The van der Waals surface area contributed by atoms with Gasteiger partial charge in [0.05, 0.1) is 4.47 Å². The molecule has 82 valence electrons. The fraction of sp³-hybridized carbons (Fsp3) is 0. The summed E-state index contributed by atoms with van der Waals surface area (Å²) in [5.74, 6) is 1.00. The first kappa shape index (κ1) is 11.6. The molecule has 2 rings (SSSR count). The summed E-state index contributed by atoms with van der Waals surface area (Å²) in [5, 5.41) is 7.64. The zero-order chi connectivity index (χ0) is 11.5. The number of ether oxygens (including phenoxy) is 1. The molecule has 0 unspecified atom stereocenters. The van der Waals surface area contributed by atoms with E-state index in [1.807, 2.05) is 18.2 Å². The van der Waals surface area contributed by atoms with Gasteiger partial charge in [-0.05, 0) is 28.1 Å². The maximum absolute atomic E-state index is 5.83. The Morgan fingerprint density at radius 2 is 1.81 bits per heavy atom. The van der Waals surface area contributed by atoms with Crippen LogP contribution >= 0.6 is 39.1 Å². The highest BCUT2D eigenvalue weighted by atomic mass is 79.9. The smallest absolute Gasteiger partial charge is 0.194 e. The van der Waals surface area contributed by atoms with Crippen molar-refractivity contribution < 1.29 is 4.74 Å². The Bertz CT molecular complexity index is 522. The molecule has 0 saturated heterocycles. The SMILES string of the molecule is Clc1cc(Oc2ccccc2Br)c(Cl)nn1. The predicted octanol–water partition coefficient (Wildman–Crippen LogP) is 4.34. The summed E-state index contributed by atoms with van der Waals surface area (Å²) in [6, 6.07) is 8.91. The molecule has 6 heteroatoms. The standard InChI is InChI=1S/C10H5BrCl2N2O/c11-6-3-1-2-4-7(6)16-8-5-9(12)14-15-10(8)13/h1-5H. The van der Waals surface area contributed by atoms with Gasteiger partial charge in [-0.3, -0.25) is 0 Å².